The van der Waals surface area contributed by atoms with Crippen LogP contribution in [0.25, 0.3) is 0 Å². The van der Waals surface area contributed by atoms with Gasteiger partial charge in [-0.05, 0) is 18.6 Å². The van der Waals surface area contributed by atoms with E-state index in [2.05, 4.69) is 20.4 Å². The van der Waals surface area contributed by atoms with E-state index < -0.39 is 19.6 Å². The van der Waals surface area contributed by atoms with Crippen LogP contribution in [0.1, 0.15) is 18.9 Å². The predicted molar refractivity (Wildman–Crippen MR) is 98.5 cm³/mol. The summed E-state index contributed by atoms with van der Waals surface area (Å²) in [5, 5.41) is 5.17. The molecular formula is C15H22F4IN3O2. The third kappa shape index (κ3) is 9.56. The number of hydrogen-bond donors (Lipinski definition) is 2. The highest BCUT2D eigenvalue weighted by Crippen LogP contribution is 2.26. The zero-order valence-electron chi connectivity index (χ0n) is 13.9. The highest BCUT2D eigenvalue weighted by molar-refractivity contribution is 14.0. The van der Waals surface area contributed by atoms with Gasteiger partial charge in [0.15, 0.2) is 5.96 Å². The second-order valence-electron chi connectivity index (χ2n) is 4.69. The molecule has 0 unspecified atom stereocenters. The summed E-state index contributed by atoms with van der Waals surface area (Å²) in [6.45, 7) is -1.10. The van der Waals surface area contributed by atoms with Gasteiger partial charge in [-0.1, -0.05) is 6.92 Å². The van der Waals surface area contributed by atoms with E-state index in [9.17, 15) is 17.6 Å². The minimum Gasteiger partial charge on any atom is -0.493 e. The summed E-state index contributed by atoms with van der Waals surface area (Å²) in [6.07, 6.45) is -1.75. The smallest absolute Gasteiger partial charge is 0.387 e. The molecular weight excluding hydrogens is 457 g/mol. The van der Waals surface area contributed by atoms with E-state index in [-0.39, 0.29) is 42.2 Å². The van der Waals surface area contributed by atoms with Gasteiger partial charge in [-0.3, -0.25) is 4.99 Å². The fraction of sp³-hybridized carbons (Fsp3) is 0.533. The Bertz CT molecular complexity index is 533. The molecule has 5 nitrogen and oxygen atoms in total. The van der Waals surface area contributed by atoms with Crippen LogP contribution in [0.4, 0.5) is 17.6 Å². The van der Waals surface area contributed by atoms with Gasteiger partial charge in [-0.15, -0.1) is 24.0 Å². The molecule has 144 valence electrons. The van der Waals surface area contributed by atoms with Gasteiger partial charge in [0.1, 0.15) is 11.5 Å². The van der Waals surface area contributed by atoms with Crippen molar-refractivity contribution >= 4 is 29.9 Å². The first kappa shape index (κ1) is 23.5. The Morgan fingerprint density at radius 3 is 2.48 bits per heavy atom. The summed E-state index contributed by atoms with van der Waals surface area (Å²) >= 11 is 0. The summed E-state index contributed by atoms with van der Waals surface area (Å²) in [5.74, 6) is 0.497. The maximum absolute atomic E-state index is 12.6. The SMILES string of the molecule is CCCOc1ccc(CNC(=NC)NCC(F)F)c(OC(F)F)c1.I. The lowest BCUT2D eigenvalue weighted by atomic mass is 10.2. The molecule has 0 spiro atoms. The molecule has 0 aromatic heterocycles. The number of guanidine groups is 1. The second kappa shape index (κ2) is 12.8. The van der Waals surface area contributed by atoms with Gasteiger partial charge in [-0.2, -0.15) is 8.78 Å². The van der Waals surface area contributed by atoms with Gasteiger partial charge in [0.05, 0.1) is 13.2 Å². The fourth-order valence-electron chi connectivity index (χ4n) is 1.77. The van der Waals surface area contributed by atoms with E-state index in [0.29, 0.717) is 17.9 Å². The normalized spacial score (nSPS) is 11.3. The van der Waals surface area contributed by atoms with E-state index in [0.717, 1.165) is 6.42 Å². The minimum absolute atomic E-state index is 0. The Kier molecular flexibility index (Phi) is 12.1. The highest BCUT2D eigenvalue weighted by atomic mass is 127. The molecule has 0 amide bonds. The molecule has 0 bridgehead atoms. The van der Waals surface area contributed by atoms with Crippen molar-refractivity contribution < 1.29 is 27.0 Å². The average molecular weight is 479 g/mol. The lowest BCUT2D eigenvalue weighted by Crippen LogP contribution is -2.39. The molecule has 0 aliphatic rings. The number of nitrogens with zero attached hydrogens (tertiary/aromatic N) is 1. The Hall–Kier alpha value is -1.46. The summed E-state index contributed by atoms with van der Waals surface area (Å²) in [7, 11) is 1.42. The van der Waals surface area contributed by atoms with Crippen molar-refractivity contribution in [3.63, 3.8) is 0 Å². The number of ether oxygens (including phenoxy) is 2. The van der Waals surface area contributed by atoms with E-state index in [1.807, 2.05) is 6.92 Å². The largest absolute Gasteiger partial charge is 0.493 e. The molecule has 10 heteroatoms. The van der Waals surface area contributed by atoms with Gasteiger partial charge in [0, 0.05) is 25.2 Å². The zero-order valence-corrected chi connectivity index (χ0v) is 16.2. The summed E-state index contributed by atoms with van der Waals surface area (Å²) in [6, 6.07) is 4.56. The van der Waals surface area contributed by atoms with Crippen molar-refractivity contribution in [2.75, 3.05) is 20.2 Å². The molecule has 0 saturated heterocycles. The first-order valence-electron chi connectivity index (χ1n) is 7.39. The lowest BCUT2D eigenvalue weighted by molar-refractivity contribution is -0.0505. The number of rotatable bonds is 9. The molecule has 1 rings (SSSR count). The fourth-order valence-corrected chi connectivity index (χ4v) is 1.77. The monoisotopic (exact) mass is 479 g/mol. The third-order valence-corrected chi connectivity index (χ3v) is 2.82. The van der Waals surface area contributed by atoms with Crippen molar-refractivity contribution in [2.45, 2.75) is 32.9 Å². The Labute approximate surface area is 161 Å². The summed E-state index contributed by atoms with van der Waals surface area (Å²) in [5.41, 5.74) is 0.416. The Morgan fingerprint density at radius 1 is 1.20 bits per heavy atom. The van der Waals surface area contributed by atoms with Crippen molar-refractivity contribution in [3.05, 3.63) is 23.8 Å². The van der Waals surface area contributed by atoms with Crippen molar-refractivity contribution in [1.82, 2.24) is 10.6 Å². The van der Waals surface area contributed by atoms with Crippen molar-refractivity contribution in [2.24, 2.45) is 4.99 Å². The van der Waals surface area contributed by atoms with Gasteiger partial charge < -0.3 is 20.1 Å². The molecule has 25 heavy (non-hydrogen) atoms. The van der Waals surface area contributed by atoms with Crippen LogP contribution >= 0.6 is 24.0 Å². The molecule has 0 heterocycles. The molecule has 1 aromatic rings. The molecule has 0 radical (unpaired) electrons. The second-order valence-corrected chi connectivity index (χ2v) is 4.69. The van der Waals surface area contributed by atoms with E-state index in [1.165, 1.54) is 13.1 Å². The number of halogens is 5. The summed E-state index contributed by atoms with van der Waals surface area (Å²) in [4.78, 5) is 3.77. The first-order chi connectivity index (χ1) is 11.5. The van der Waals surface area contributed by atoms with Gasteiger partial charge in [0.2, 0.25) is 0 Å². The predicted octanol–water partition coefficient (Wildman–Crippen LogP) is 3.62. The maximum Gasteiger partial charge on any atom is 0.387 e. The highest BCUT2D eigenvalue weighted by Gasteiger charge is 2.12. The van der Waals surface area contributed by atoms with Crippen molar-refractivity contribution in [3.8, 4) is 11.5 Å². The summed E-state index contributed by atoms with van der Waals surface area (Å²) < 4.78 is 59.4. The van der Waals surface area contributed by atoms with E-state index >= 15 is 0 Å². The van der Waals surface area contributed by atoms with Crippen LogP contribution < -0.4 is 20.1 Å². The average Bonchev–Trinajstić information content (AvgIpc) is 2.53. The lowest BCUT2D eigenvalue weighted by Gasteiger charge is -2.15. The molecule has 0 aliphatic carbocycles. The molecule has 0 saturated carbocycles. The quantitative estimate of drug-likeness (QED) is 0.246. The van der Waals surface area contributed by atoms with Gasteiger partial charge in [0.25, 0.3) is 6.43 Å². The van der Waals surface area contributed by atoms with Crippen LogP contribution in [-0.2, 0) is 6.54 Å². The first-order valence-corrected chi connectivity index (χ1v) is 7.39. The van der Waals surface area contributed by atoms with Crippen LogP contribution in [0.5, 0.6) is 11.5 Å². The molecule has 0 aliphatic heterocycles. The number of aliphatic imine (C=N–C) groups is 1. The third-order valence-electron chi connectivity index (χ3n) is 2.82. The number of nitrogens with one attached hydrogen (secondary N) is 2. The van der Waals surface area contributed by atoms with Crippen molar-refractivity contribution in [1.29, 1.82) is 0 Å². The Morgan fingerprint density at radius 2 is 1.92 bits per heavy atom. The number of alkyl halides is 4. The van der Waals surface area contributed by atoms with Gasteiger partial charge >= 0.3 is 6.61 Å². The van der Waals surface area contributed by atoms with Crippen LogP contribution in [0, 0.1) is 0 Å². The standard InChI is InChI=1S/C15H21F4N3O2.HI/c1-3-6-23-11-5-4-10(12(7-11)24-14(18)19)8-21-15(20-2)22-9-13(16)17;/h4-5,7,13-14H,3,6,8-9H2,1-2H3,(H2,20,21,22);1H. The van der Waals surface area contributed by atoms with Crippen LogP contribution in [0.15, 0.2) is 23.2 Å². The molecule has 0 fully saturated rings. The van der Waals surface area contributed by atoms with Crippen LogP contribution in [-0.4, -0.2) is 39.2 Å². The zero-order chi connectivity index (χ0) is 17.9. The molecule has 0 atom stereocenters. The topological polar surface area (TPSA) is 54.9 Å². The van der Waals surface area contributed by atoms with Crippen LogP contribution in [0.2, 0.25) is 0 Å². The number of hydrogen-bond acceptors (Lipinski definition) is 3. The molecule has 2 N–H and O–H groups in total. The minimum atomic E-state index is -2.98. The van der Waals surface area contributed by atoms with E-state index in [4.69, 9.17) is 4.74 Å². The van der Waals surface area contributed by atoms with E-state index in [1.54, 1.807) is 12.1 Å². The number of benzene rings is 1. The maximum atomic E-state index is 12.6. The Balaban J connectivity index is 0.00000576. The molecule has 1 aromatic carbocycles. The van der Waals surface area contributed by atoms with Crippen LogP contribution in [0.3, 0.4) is 0 Å². The van der Waals surface area contributed by atoms with Gasteiger partial charge in [-0.25, -0.2) is 8.78 Å².